The zero-order valence-corrected chi connectivity index (χ0v) is 25.5. The first kappa shape index (κ1) is 33.9. The van der Waals surface area contributed by atoms with E-state index in [0.29, 0.717) is 63.5 Å². The lowest BCUT2D eigenvalue weighted by Gasteiger charge is -2.35. The molecule has 2 N–H and O–H groups in total. The van der Waals surface area contributed by atoms with Crippen molar-refractivity contribution in [2.75, 3.05) is 82.8 Å². The second kappa shape index (κ2) is 15.0. The van der Waals surface area contributed by atoms with Gasteiger partial charge in [0.1, 0.15) is 0 Å². The minimum atomic E-state index is -5.07. The second-order valence-corrected chi connectivity index (χ2v) is 11.0. The van der Waals surface area contributed by atoms with E-state index >= 15 is 0 Å². The van der Waals surface area contributed by atoms with Crippen molar-refractivity contribution in [3.8, 4) is 11.6 Å². The topological polar surface area (TPSA) is 130 Å². The van der Waals surface area contributed by atoms with Crippen LogP contribution in [0.4, 0.5) is 33.3 Å². The number of aromatic nitrogens is 4. The highest BCUT2D eigenvalue weighted by atomic mass is 19.4. The molecule has 0 radical (unpaired) electrons. The number of morpholine rings is 1. The van der Waals surface area contributed by atoms with E-state index in [-0.39, 0.29) is 17.4 Å². The Kier molecular flexibility index (Phi) is 10.8. The molecular weight excluding hydrogens is 633 g/mol. The molecular formula is C29H34F5N9O4. The monoisotopic (exact) mass is 667 g/mol. The van der Waals surface area contributed by atoms with E-state index in [9.17, 15) is 31.5 Å². The molecule has 3 aromatic rings. The summed E-state index contributed by atoms with van der Waals surface area (Å²) in [6, 6.07) is 5.12. The predicted octanol–water partition coefficient (Wildman–Crippen LogP) is 2.74. The molecule has 2 aliphatic heterocycles. The van der Waals surface area contributed by atoms with Crippen LogP contribution < -0.4 is 20.3 Å². The third kappa shape index (κ3) is 8.89. The number of piperazine rings is 1. The lowest BCUT2D eigenvalue weighted by atomic mass is 10.1. The number of ether oxygens (including phenoxy) is 2. The van der Waals surface area contributed by atoms with Crippen molar-refractivity contribution in [3.05, 3.63) is 53.5 Å². The number of halogens is 5. The van der Waals surface area contributed by atoms with Crippen LogP contribution in [-0.4, -0.2) is 121 Å². The van der Waals surface area contributed by atoms with Gasteiger partial charge in [0.15, 0.2) is 5.69 Å². The van der Waals surface area contributed by atoms with E-state index in [4.69, 9.17) is 4.74 Å². The van der Waals surface area contributed by atoms with E-state index in [0.717, 1.165) is 26.1 Å². The van der Waals surface area contributed by atoms with Crippen LogP contribution in [0.5, 0.6) is 5.88 Å². The largest absolute Gasteiger partial charge is 0.417 e. The van der Waals surface area contributed by atoms with Crippen LogP contribution in [0.2, 0.25) is 0 Å². The molecule has 2 amide bonds. The van der Waals surface area contributed by atoms with Crippen molar-refractivity contribution in [1.82, 2.24) is 35.1 Å². The zero-order chi connectivity index (χ0) is 33.6. The first-order valence-electron chi connectivity index (χ1n) is 14.9. The minimum absolute atomic E-state index is 0.0529. The van der Waals surface area contributed by atoms with Crippen LogP contribution in [0, 0.1) is 0 Å². The number of carbonyl (C=O) groups excluding carboxylic acids is 2. The summed E-state index contributed by atoms with van der Waals surface area (Å²) in [7, 11) is 1.96. The van der Waals surface area contributed by atoms with Gasteiger partial charge in [-0.25, -0.2) is 9.67 Å². The number of alkyl halides is 5. The van der Waals surface area contributed by atoms with Gasteiger partial charge in [-0.15, -0.1) is 5.10 Å². The summed E-state index contributed by atoms with van der Waals surface area (Å²) in [5, 5.41) is 13.3. The van der Waals surface area contributed by atoms with E-state index in [1.165, 1.54) is 16.9 Å². The first-order valence-corrected chi connectivity index (χ1v) is 14.9. The zero-order valence-electron chi connectivity index (χ0n) is 25.5. The Balaban J connectivity index is 1.35. The summed E-state index contributed by atoms with van der Waals surface area (Å²) in [5.41, 5.74) is -1.27. The van der Waals surface area contributed by atoms with E-state index in [1.54, 1.807) is 12.1 Å². The maximum atomic E-state index is 13.9. The van der Waals surface area contributed by atoms with Gasteiger partial charge in [-0.05, 0) is 38.2 Å². The molecule has 254 valence electrons. The average molecular weight is 668 g/mol. The van der Waals surface area contributed by atoms with Gasteiger partial charge >= 0.3 is 12.8 Å². The third-order valence-electron chi connectivity index (χ3n) is 7.74. The number of benzene rings is 1. The standard InChI is InChI=1S/C29H34F5N9O4/c1-40-7-9-42(10-8-40)24-4-3-19(43-18-23(38-39-43)27(45)35-5-2-6-41-11-13-46-14-12-41)15-22(24)37-26(44)20-17-36-25(47-28(30)31)16-21(20)29(32,33)34/h3-4,15-18,28H,2,5-14H2,1H3,(H,35,45)(H,37,44). The molecule has 0 spiro atoms. The van der Waals surface area contributed by atoms with Crippen LogP contribution in [0.25, 0.3) is 5.69 Å². The van der Waals surface area contributed by atoms with Gasteiger partial charge in [0.05, 0.1) is 47.6 Å². The van der Waals surface area contributed by atoms with Gasteiger partial charge in [0, 0.05) is 58.1 Å². The number of hydrogen-bond acceptors (Lipinski definition) is 10. The minimum Gasteiger partial charge on any atom is -0.417 e. The summed E-state index contributed by atoms with van der Waals surface area (Å²) < 4.78 is 77.6. The molecule has 1 aromatic carbocycles. The quantitative estimate of drug-likeness (QED) is 0.233. The molecule has 0 saturated carbocycles. The van der Waals surface area contributed by atoms with E-state index in [2.05, 4.69) is 40.5 Å². The Morgan fingerprint density at radius 3 is 2.49 bits per heavy atom. The van der Waals surface area contributed by atoms with Gasteiger partial charge in [-0.1, -0.05) is 5.21 Å². The second-order valence-electron chi connectivity index (χ2n) is 11.0. The first-order chi connectivity index (χ1) is 22.5. The van der Waals surface area contributed by atoms with Crippen LogP contribution in [0.15, 0.2) is 36.7 Å². The maximum Gasteiger partial charge on any atom is 0.417 e. The fourth-order valence-electron chi connectivity index (χ4n) is 5.20. The summed E-state index contributed by atoms with van der Waals surface area (Å²) >= 11 is 0. The highest BCUT2D eigenvalue weighted by Gasteiger charge is 2.37. The molecule has 5 rings (SSSR count). The Morgan fingerprint density at radius 2 is 1.79 bits per heavy atom. The Labute approximate surface area is 266 Å². The summed E-state index contributed by atoms with van der Waals surface area (Å²) in [6.45, 7) is 3.49. The predicted molar refractivity (Wildman–Crippen MR) is 159 cm³/mol. The molecule has 18 heteroatoms. The normalized spacial score (nSPS) is 16.4. The Morgan fingerprint density at radius 1 is 1.04 bits per heavy atom. The Hall–Kier alpha value is -4.42. The van der Waals surface area contributed by atoms with Gasteiger partial charge < -0.3 is 29.9 Å². The van der Waals surface area contributed by atoms with Crippen LogP contribution in [0.3, 0.4) is 0 Å². The summed E-state index contributed by atoms with van der Waals surface area (Å²) in [5.74, 6) is -2.57. The van der Waals surface area contributed by atoms with Crippen LogP contribution in [-0.2, 0) is 10.9 Å². The van der Waals surface area contributed by atoms with Crippen LogP contribution >= 0.6 is 0 Å². The van der Waals surface area contributed by atoms with Crippen molar-refractivity contribution >= 4 is 23.2 Å². The number of pyridine rings is 1. The Bertz CT molecular complexity index is 1540. The fourth-order valence-corrected chi connectivity index (χ4v) is 5.20. The van der Waals surface area contributed by atoms with Gasteiger partial charge in [0.25, 0.3) is 11.8 Å². The van der Waals surface area contributed by atoms with Crippen molar-refractivity contribution in [3.63, 3.8) is 0 Å². The number of anilines is 2. The molecule has 4 heterocycles. The van der Waals surface area contributed by atoms with E-state index < -0.39 is 41.6 Å². The molecule has 2 fully saturated rings. The third-order valence-corrected chi connectivity index (χ3v) is 7.74. The summed E-state index contributed by atoms with van der Waals surface area (Å²) in [6.07, 6.45) is -2.39. The van der Waals surface area contributed by atoms with Gasteiger partial charge in [-0.3, -0.25) is 14.5 Å². The average Bonchev–Trinajstić information content (AvgIpc) is 3.54. The lowest BCUT2D eigenvalue weighted by molar-refractivity contribution is -0.138. The van der Waals surface area contributed by atoms with Gasteiger partial charge in [-0.2, -0.15) is 22.0 Å². The highest BCUT2D eigenvalue weighted by Crippen LogP contribution is 2.35. The molecule has 0 atom stereocenters. The van der Waals surface area contributed by atoms with Gasteiger partial charge in [0.2, 0.25) is 5.88 Å². The van der Waals surface area contributed by atoms with Crippen molar-refractivity contribution in [2.45, 2.75) is 19.2 Å². The molecule has 0 bridgehead atoms. The number of nitrogens with zero attached hydrogens (tertiary/aromatic N) is 7. The van der Waals surface area contributed by atoms with Crippen molar-refractivity contribution in [2.24, 2.45) is 0 Å². The molecule has 2 aromatic heterocycles. The lowest BCUT2D eigenvalue weighted by Crippen LogP contribution is -2.44. The van der Waals surface area contributed by atoms with Crippen LogP contribution in [0.1, 0.15) is 32.8 Å². The summed E-state index contributed by atoms with van der Waals surface area (Å²) in [4.78, 5) is 35.8. The molecule has 13 nitrogen and oxygen atoms in total. The van der Waals surface area contributed by atoms with Crippen molar-refractivity contribution in [1.29, 1.82) is 0 Å². The maximum absolute atomic E-state index is 13.9. The fraction of sp³-hybridized carbons (Fsp3) is 0.483. The smallest absolute Gasteiger partial charge is 0.417 e. The molecule has 0 unspecified atom stereocenters. The van der Waals surface area contributed by atoms with Crippen molar-refractivity contribution < 1.29 is 41.0 Å². The number of amides is 2. The molecule has 0 aliphatic carbocycles. The van der Waals surface area contributed by atoms with E-state index in [1.807, 2.05) is 11.9 Å². The number of rotatable bonds is 11. The number of hydrogen-bond donors (Lipinski definition) is 2. The number of likely N-dealkylation sites (N-methyl/N-ethyl adjacent to an activating group) is 1. The number of nitrogens with one attached hydrogen (secondary N) is 2. The SMILES string of the molecule is CN1CCN(c2ccc(-n3cc(C(=O)NCCCN4CCOCC4)nn3)cc2NC(=O)c2cnc(OC(F)F)cc2C(F)(F)F)CC1. The highest BCUT2D eigenvalue weighted by molar-refractivity contribution is 6.07. The molecule has 2 saturated heterocycles. The molecule has 2 aliphatic rings. The number of carbonyl (C=O) groups is 2. The molecule has 47 heavy (non-hydrogen) atoms.